The Balaban J connectivity index is 1.69. The standard InChI is InChI=1S/C25H25N3O/c1-3-28-24(23(18-26)22-13-12-21(29-2)17-25(22)28)14-9-19-7-10-20(11-8-19)27-15-5-4-6-16-27/h7-8,10-13,17H,3-6,15-16H2,1-2H3. The van der Waals surface area contributed by atoms with E-state index < -0.39 is 0 Å². The maximum Gasteiger partial charge on any atom is 0.120 e. The quantitative estimate of drug-likeness (QED) is 0.602. The molecule has 0 N–H and O–H groups in total. The summed E-state index contributed by atoms with van der Waals surface area (Å²) in [6.07, 6.45) is 3.87. The molecular formula is C25H25N3O. The summed E-state index contributed by atoms with van der Waals surface area (Å²) in [6.45, 7) is 5.08. The number of nitrogens with zero attached hydrogens (tertiary/aromatic N) is 3. The normalized spacial score (nSPS) is 13.6. The maximum atomic E-state index is 9.76. The molecule has 29 heavy (non-hydrogen) atoms. The molecule has 1 fully saturated rings. The van der Waals surface area contributed by atoms with Crippen LogP contribution in [0.2, 0.25) is 0 Å². The molecule has 0 amide bonds. The van der Waals surface area contributed by atoms with Gasteiger partial charge in [0.15, 0.2) is 0 Å². The molecule has 146 valence electrons. The van der Waals surface area contributed by atoms with Crippen molar-refractivity contribution >= 4 is 16.6 Å². The van der Waals surface area contributed by atoms with Gasteiger partial charge in [0.05, 0.1) is 18.2 Å². The van der Waals surface area contributed by atoms with Crippen LogP contribution in [-0.4, -0.2) is 24.8 Å². The number of methoxy groups -OCH3 is 1. The summed E-state index contributed by atoms with van der Waals surface area (Å²) < 4.78 is 7.45. The fourth-order valence-electron chi connectivity index (χ4n) is 4.07. The number of fused-ring (bicyclic) bond motifs is 1. The minimum Gasteiger partial charge on any atom is -0.497 e. The van der Waals surface area contributed by atoms with Crippen LogP contribution >= 0.6 is 0 Å². The minimum atomic E-state index is 0.627. The first kappa shape index (κ1) is 19.0. The van der Waals surface area contributed by atoms with Gasteiger partial charge in [-0.3, -0.25) is 0 Å². The highest BCUT2D eigenvalue weighted by Crippen LogP contribution is 2.29. The van der Waals surface area contributed by atoms with Gasteiger partial charge in [-0.25, -0.2) is 0 Å². The molecule has 0 saturated carbocycles. The number of piperidine rings is 1. The lowest BCUT2D eigenvalue weighted by atomic mass is 10.1. The van der Waals surface area contributed by atoms with Gasteiger partial charge in [0.2, 0.25) is 0 Å². The molecule has 4 nitrogen and oxygen atoms in total. The Hall–Kier alpha value is -3.37. The highest BCUT2D eigenvalue weighted by molar-refractivity contribution is 5.90. The summed E-state index contributed by atoms with van der Waals surface area (Å²) in [6, 6.07) is 16.6. The van der Waals surface area contributed by atoms with Gasteiger partial charge in [0.1, 0.15) is 17.5 Å². The first-order valence-corrected chi connectivity index (χ1v) is 10.2. The molecule has 1 saturated heterocycles. The van der Waals surface area contributed by atoms with Crippen molar-refractivity contribution in [3.05, 3.63) is 59.3 Å². The van der Waals surface area contributed by atoms with Gasteiger partial charge in [-0.1, -0.05) is 5.92 Å². The molecule has 2 aromatic carbocycles. The zero-order valence-electron chi connectivity index (χ0n) is 17.0. The van der Waals surface area contributed by atoms with Crippen molar-refractivity contribution in [3.8, 4) is 23.7 Å². The van der Waals surface area contributed by atoms with E-state index >= 15 is 0 Å². The number of aryl methyl sites for hydroxylation is 1. The van der Waals surface area contributed by atoms with E-state index in [-0.39, 0.29) is 0 Å². The number of nitriles is 1. The van der Waals surface area contributed by atoms with Gasteiger partial charge in [0, 0.05) is 42.3 Å². The summed E-state index contributed by atoms with van der Waals surface area (Å²) in [4.78, 5) is 2.44. The molecule has 2 heterocycles. The van der Waals surface area contributed by atoms with Gasteiger partial charge in [-0.2, -0.15) is 5.26 Å². The molecule has 4 heteroatoms. The molecule has 0 spiro atoms. The van der Waals surface area contributed by atoms with E-state index in [0.29, 0.717) is 5.56 Å². The monoisotopic (exact) mass is 383 g/mol. The Morgan fingerprint density at radius 2 is 1.76 bits per heavy atom. The van der Waals surface area contributed by atoms with Crippen LogP contribution in [-0.2, 0) is 6.54 Å². The predicted octanol–water partition coefficient (Wildman–Crippen LogP) is 4.93. The summed E-state index contributed by atoms with van der Waals surface area (Å²) in [7, 11) is 1.65. The largest absolute Gasteiger partial charge is 0.497 e. The molecular weight excluding hydrogens is 358 g/mol. The van der Waals surface area contributed by atoms with Crippen LogP contribution in [0.25, 0.3) is 10.9 Å². The lowest BCUT2D eigenvalue weighted by molar-refractivity contribution is 0.415. The number of hydrogen-bond donors (Lipinski definition) is 0. The van der Waals surface area contributed by atoms with Crippen LogP contribution in [0.1, 0.15) is 43.0 Å². The smallest absolute Gasteiger partial charge is 0.120 e. The summed E-state index contributed by atoms with van der Waals surface area (Å²) in [5, 5.41) is 10.7. The van der Waals surface area contributed by atoms with Crippen molar-refractivity contribution < 1.29 is 4.74 Å². The van der Waals surface area contributed by atoms with Crippen molar-refractivity contribution in [3.63, 3.8) is 0 Å². The van der Waals surface area contributed by atoms with Crippen LogP contribution in [0.4, 0.5) is 5.69 Å². The molecule has 1 aliphatic heterocycles. The van der Waals surface area contributed by atoms with Crippen molar-refractivity contribution in [2.75, 3.05) is 25.1 Å². The molecule has 0 bridgehead atoms. The van der Waals surface area contributed by atoms with Gasteiger partial charge in [0.25, 0.3) is 0 Å². The minimum absolute atomic E-state index is 0.627. The Bertz CT molecular complexity index is 1120. The molecule has 0 atom stereocenters. The fourth-order valence-corrected chi connectivity index (χ4v) is 4.07. The average Bonchev–Trinajstić information content (AvgIpc) is 3.10. The number of aromatic nitrogens is 1. The van der Waals surface area contributed by atoms with E-state index in [9.17, 15) is 5.26 Å². The van der Waals surface area contributed by atoms with E-state index in [1.54, 1.807) is 7.11 Å². The summed E-state index contributed by atoms with van der Waals surface area (Å²) in [5.74, 6) is 7.30. The highest BCUT2D eigenvalue weighted by Gasteiger charge is 2.15. The van der Waals surface area contributed by atoms with E-state index in [1.165, 1.54) is 24.9 Å². The van der Waals surface area contributed by atoms with E-state index in [1.807, 2.05) is 18.2 Å². The predicted molar refractivity (Wildman–Crippen MR) is 117 cm³/mol. The molecule has 0 aliphatic carbocycles. The number of hydrogen-bond acceptors (Lipinski definition) is 3. The Labute approximate surface area is 172 Å². The number of rotatable bonds is 3. The lowest BCUT2D eigenvalue weighted by Gasteiger charge is -2.28. The molecule has 1 aromatic heterocycles. The van der Waals surface area contributed by atoms with Gasteiger partial charge in [-0.05, 0) is 68.5 Å². The lowest BCUT2D eigenvalue weighted by Crippen LogP contribution is -2.29. The zero-order chi connectivity index (χ0) is 20.2. The number of benzene rings is 2. The molecule has 1 aliphatic rings. The van der Waals surface area contributed by atoms with Crippen molar-refractivity contribution in [1.29, 1.82) is 5.26 Å². The summed E-state index contributed by atoms with van der Waals surface area (Å²) in [5.41, 5.74) is 4.59. The Morgan fingerprint density at radius 3 is 2.41 bits per heavy atom. The van der Waals surface area contributed by atoms with Gasteiger partial charge < -0.3 is 14.2 Å². The fraction of sp³-hybridized carbons (Fsp3) is 0.320. The van der Waals surface area contributed by atoms with Crippen LogP contribution in [0.3, 0.4) is 0 Å². The van der Waals surface area contributed by atoms with Crippen LogP contribution < -0.4 is 9.64 Å². The van der Waals surface area contributed by atoms with Gasteiger partial charge in [-0.15, -0.1) is 0 Å². The molecule has 0 radical (unpaired) electrons. The van der Waals surface area contributed by atoms with E-state index in [0.717, 1.165) is 47.5 Å². The zero-order valence-corrected chi connectivity index (χ0v) is 17.0. The molecule has 0 unspecified atom stereocenters. The highest BCUT2D eigenvalue weighted by atomic mass is 16.5. The third kappa shape index (κ3) is 3.67. The Kier molecular flexibility index (Phi) is 5.45. The maximum absolute atomic E-state index is 9.76. The first-order valence-electron chi connectivity index (χ1n) is 10.2. The molecule has 3 aromatic rings. The second kappa shape index (κ2) is 8.33. The topological polar surface area (TPSA) is 41.2 Å². The summed E-state index contributed by atoms with van der Waals surface area (Å²) >= 11 is 0. The third-order valence-corrected chi connectivity index (χ3v) is 5.61. The van der Waals surface area contributed by atoms with Crippen molar-refractivity contribution in [2.45, 2.75) is 32.7 Å². The molecule has 4 rings (SSSR count). The Morgan fingerprint density at radius 1 is 1.00 bits per heavy atom. The third-order valence-electron chi connectivity index (χ3n) is 5.61. The van der Waals surface area contributed by atoms with E-state index in [2.05, 4.69) is 58.6 Å². The van der Waals surface area contributed by atoms with E-state index in [4.69, 9.17) is 4.74 Å². The van der Waals surface area contributed by atoms with Crippen molar-refractivity contribution in [1.82, 2.24) is 4.57 Å². The second-order valence-corrected chi connectivity index (χ2v) is 7.31. The number of ether oxygens (including phenoxy) is 1. The number of anilines is 1. The SMILES string of the molecule is CCn1c(C#Cc2ccc(N3CCCCC3)cc2)c(C#N)c2ccc(OC)cc21. The van der Waals surface area contributed by atoms with Crippen LogP contribution in [0.15, 0.2) is 42.5 Å². The van der Waals surface area contributed by atoms with Crippen LogP contribution in [0.5, 0.6) is 5.75 Å². The van der Waals surface area contributed by atoms with Gasteiger partial charge >= 0.3 is 0 Å². The first-order chi connectivity index (χ1) is 14.2. The van der Waals surface area contributed by atoms with Crippen molar-refractivity contribution in [2.24, 2.45) is 0 Å². The average molecular weight is 383 g/mol. The second-order valence-electron chi connectivity index (χ2n) is 7.31. The van der Waals surface area contributed by atoms with Crippen LogP contribution in [0, 0.1) is 23.2 Å².